The lowest BCUT2D eigenvalue weighted by Gasteiger charge is -2.42. The highest BCUT2D eigenvalue weighted by Gasteiger charge is 2.42. The number of carbonyl (C=O) groups is 4. The van der Waals surface area contributed by atoms with Crippen LogP contribution in [0.3, 0.4) is 0 Å². The summed E-state index contributed by atoms with van der Waals surface area (Å²) in [6.07, 6.45) is 2.72. The van der Waals surface area contributed by atoms with E-state index in [2.05, 4.69) is 34.2 Å². The summed E-state index contributed by atoms with van der Waals surface area (Å²) < 4.78 is 27.4. The predicted molar refractivity (Wildman–Crippen MR) is 161 cm³/mol. The van der Waals surface area contributed by atoms with Crippen molar-refractivity contribution in [1.82, 2.24) is 25.2 Å². The third-order valence-electron chi connectivity index (χ3n) is 8.27. The first-order valence-corrected chi connectivity index (χ1v) is 17.2. The van der Waals surface area contributed by atoms with Gasteiger partial charge in [0.2, 0.25) is 33.5 Å². The summed E-state index contributed by atoms with van der Waals surface area (Å²) in [5.74, 6) is -1.88. The van der Waals surface area contributed by atoms with Gasteiger partial charge in [-0.1, -0.05) is 39.8 Å². The van der Waals surface area contributed by atoms with Crippen molar-refractivity contribution in [1.29, 1.82) is 0 Å². The predicted octanol–water partition coefficient (Wildman–Crippen LogP) is 2.33. The Morgan fingerprint density at radius 3 is 2.45 bits per heavy atom. The van der Waals surface area contributed by atoms with Crippen LogP contribution in [0.2, 0.25) is 0 Å². The maximum Gasteiger partial charge on any atom is 0.243 e. The number of amides is 3. The Kier molecular flexibility index (Phi) is 10.0. The quantitative estimate of drug-likeness (QED) is 0.326. The number of fused-ring (bicyclic) bond motifs is 1. The molecule has 0 bridgehead atoms. The molecule has 1 aromatic carbocycles. The number of carbonyl (C=O) groups excluding carboxylic acids is 4. The van der Waals surface area contributed by atoms with Gasteiger partial charge in [-0.2, -0.15) is 0 Å². The average molecular weight is 620 g/mol. The summed E-state index contributed by atoms with van der Waals surface area (Å²) in [6.45, 7) is 8.42. The zero-order valence-electron chi connectivity index (χ0n) is 24.8. The van der Waals surface area contributed by atoms with E-state index in [1.807, 2.05) is 24.3 Å². The lowest BCUT2D eigenvalue weighted by Crippen LogP contribution is -2.61. The van der Waals surface area contributed by atoms with Gasteiger partial charge >= 0.3 is 0 Å². The molecule has 0 radical (unpaired) electrons. The Bertz CT molecular complexity index is 1410. The molecular formula is C29H41N5O6S2. The summed E-state index contributed by atoms with van der Waals surface area (Å²) in [6, 6.07) is 4.43. The number of aromatic nitrogens is 1. The van der Waals surface area contributed by atoms with Gasteiger partial charge in [-0.25, -0.2) is 18.1 Å². The van der Waals surface area contributed by atoms with Crippen LogP contribution in [-0.4, -0.2) is 79.3 Å². The van der Waals surface area contributed by atoms with Gasteiger partial charge in [0.25, 0.3) is 0 Å². The largest absolute Gasteiger partial charge is 0.356 e. The number of likely N-dealkylation sites (tertiary alicyclic amines) is 1. The van der Waals surface area contributed by atoms with E-state index in [9.17, 15) is 27.6 Å². The van der Waals surface area contributed by atoms with Gasteiger partial charge in [0.05, 0.1) is 22.5 Å². The molecule has 2 aromatic rings. The molecule has 2 aliphatic heterocycles. The van der Waals surface area contributed by atoms with Crippen LogP contribution in [0, 0.1) is 23.7 Å². The molecule has 2 saturated heterocycles. The van der Waals surface area contributed by atoms with Crippen LogP contribution in [0.4, 0.5) is 0 Å². The first kappa shape index (κ1) is 32.0. The Balaban J connectivity index is 1.63. The van der Waals surface area contributed by atoms with Crippen molar-refractivity contribution in [2.45, 2.75) is 71.5 Å². The molecule has 4 rings (SSSR count). The van der Waals surface area contributed by atoms with Gasteiger partial charge in [0.1, 0.15) is 12.1 Å². The van der Waals surface area contributed by atoms with Crippen molar-refractivity contribution in [3.05, 3.63) is 29.3 Å². The van der Waals surface area contributed by atoms with E-state index in [0.717, 1.165) is 11.0 Å². The van der Waals surface area contributed by atoms with Crippen molar-refractivity contribution in [3.8, 4) is 0 Å². The zero-order valence-corrected chi connectivity index (χ0v) is 26.4. The molecule has 3 N–H and O–H groups in total. The van der Waals surface area contributed by atoms with Crippen molar-refractivity contribution in [3.63, 3.8) is 0 Å². The fourth-order valence-corrected chi connectivity index (χ4v) is 7.57. The number of nitrogens with one attached hydrogen (secondary N) is 3. The number of nitrogens with zero attached hydrogens (tertiary/aromatic N) is 2. The lowest BCUT2D eigenvalue weighted by atomic mass is 9.82. The second kappa shape index (κ2) is 13.2. The minimum atomic E-state index is -3.69. The maximum atomic E-state index is 14.0. The van der Waals surface area contributed by atoms with Crippen molar-refractivity contribution >= 4 is 55.1 Å². The van der Waals surface area contributed by atoms with Crippen LogP contribution in [0.25, 0.3) is 10.2 Å². The van der Waals surface area contributed by atoms with Crippen LogP contribution in [0.1, 0.15) is 63.2 Å². The molecule has 3 heterocycles. The number of thiazole rings is 1. The molecule has 1 aromatic heterocycles. The highest BCUT2D eigenvalue weighted by atomic mass is 32.2. The molecule has 0 aliphatic carbocycles. The molecule has 0 saturated carbocycles. The molecule has 2 fully saturated rings. The zero-order chi connectivity index (χ0) is 30.8. The Morgan fingerprint density at radius 1 is 1.14 bits per heavy atom. The van der Waals surface area contributed by atoms with Crippen LogP contribution in [0.15, 0.2) is 24.3 Å². The number of hydrogen-bond acceptors (Lipinski definition) is 8. The van der Waals surface area contributed by atoms with E-state index in [1.165, 1.54) is 16.2 Å². The van der Waals surface area contributed by atoms with Crippen LogP contribution >= 0.6 is 11.3 Å². The summed E-state index contributed by atoms with van der Waals surface area (Å²) in [4.78, 5) is 60.0. The van der Waals surface area contributed by atoms with E-state index >= 15 is 0 Å². The minimum absolute atomic E-state index is 0.116. The number of para-hydroxylation sites is 1. The monoisotopic (exact) mass is 619 g/mol. The number of rotatable bonds is 11. The van der Waals surface area contributed by atoms with E-state index in [1.54, 1.807) is 13.8 Å². The first-order valence-electron chi connectivity index (χ1n) is 14.5. The molecule has 11 nitrogen and oxygen atoms in total. The molecule has 0 unspecified atom stereocenters. The van der Waals surface area contributed by atoms with Crippen LogP contribution in [0.5, 0.6) is 0 Å². The summed E-state index contributed by atoms with van der Waals surface area (Å²) >= 11 is 1.24. The lowest BCUT2D eigenvalue weighted by molar-refractivity contribution is -0.146. The molecule has 0 spiro atoms. The molecule has 230 valence electrons. The number of Topliss-reactive ketones (excluding diaryl/α,β-unsaturated/α-hetero) is 1. The van der Waals surface area contributed by atoms with Crippen LogP contribution in [-0.2, 0) is 24.4 Å². The van der Waals surface area contributed by atoms with Gasteiger partial charge in [0, 0.05) is 19.0 Å². The third-order valence-corrected chi connectivity index (χ3v) is 10.00. The van der Waals surface area contributed by atoms with Crippen molar-refractivity contribution in [2.24, 2.45) is 23.7 Å². The van der Waals surface area contributed by atoms with Crippen LogP contribution < -0.4 is 15.4 Å². The van der Waals surface area contributed by atoms with Gasteiger partial charge in [0.15, 0.2) is 5.01 Å². The van der Waals surface area contributed by atoms with Crippen molar-refractivity contribution in [2.75, 3.05) is 19.3 Å². The highest BCUT2D eigenvalue weighted by Crippen LogP contribution is 2.31. The fraction of sp³-hybridized carbons (Fsp3) is 0.621. The van der Waals surface area contributed by atoms with Crippen molar-refractivity contribution < 1.29 is 27.6 Å². The number of ketones is 1. The Morgan fingerprint density at radius 2 is 1.86 bits per heavy atom. The number of sulfonamides is 1. The normalized spacial score (nSPS) is 22.8. The summed E-state index contributed by atoms with van der Waals surface area (Å²) in [5.41, 5.74) is 0.677. The number of hydrogen-bond donors (Lipinski definition) is 3. The van der Waals surface area contributed by atoms with Gasteiger partial charge in [-0.3, -0.25) is 19.2 Å². The molecular weight excluding hydrogens is 578 g/mol. The van der Waals surface area contributed by atoms with E-state index in [4.69, 9.17) is 0 Å². The highest BCUT2D eigenvalue weighted by molar-refractivity contribution is 7.88. The molecule has 5 atom stereocenters. The van der Waals surface area contributed by atoms with Gasteiger partial charge in [-0.15, -0.1) is 11.3 Å². The second-order valence-electron chi connectivity index (χ2n) is 12.1. The van der Waals surface area contributed by atoms with Gasteiger partial charge < -0.3 is 15.5 Å². The first-order chi connectivity index (χ1) is 19.7. The Hall–Kier alpha value is -2.90. The molecule has 42 heavy (non-hydrogen) atoms. The SMILES string of the molecule is CC(C)[C@H]1CCN(C(=O)[C@@H](NS(C)(=O)=O)C(C)C)[C@H](C(=O)N[C@@H](C[C@@H]2CCNC2=O)C(=O)c2nc3ccccc3s2)C1. The third kappa shape index (κ3) is 7.54. The van der Waals surface area contributed by atoms with E-state index in [-0.39, 0.29) is 47.4 Å². The number of benzene rings is 1. The van der Waals surface area contributed by atoms with Gasteiger partial charge in [-0.05, 0) is 55.6 Å². The standard InChI is InChI=1S/C29H41N5O6S2/c1-16(2)18-11-13-34(29(38)24(17(3)4)33-42(5,39)40)22(15-18)27(37)31-21(14-19-10-12-30-26(19)36)25(35)28-32-20-8-6-7-9-23(20)41-28/h6-9,16-19,21-22,24,33H,10-15H2,1-5H3,(H,30,36)(H,31,37)/t18-,19-,21-,22-,24-/m0/s1. The fourth-order valence-electron chi connectivity index (χ4n) is 5.77. The maximum absolute atomic E-state index is 14.0. The molecule has 2 aliphatic rings. The molecule has 3 amide bonds. The Labute approximate surface area is 251 Å². The van der Waals surface area contributed by atoms with E-state index < -0.39 is 45.9 Å². The minimum Gasteiger partial charge on any atom is -0.356 e. The summed E-state index contributed by atoms with van der Waals surface area (Å²) in [7, 11) is -3.69. The van der Waals surface area contributed by atoms with E-state index in [0.29, 0.717) is 31.3 Å². The molecule has 13 heteroatoms. The number of piperidine rings is 1. The summed E-state index contributed by atoms with van der Waals surface area (Å²) in [5, 5.41) is 5.94. The second-order valence-corrected chi connectivity index (χ2v) is 14.9. The smallest absolute Gasteiger partial charge is 0.243 e. The average Bonchev–Trinajstić information content (AvgIpc) is 3.55. The topological polar surface area (TPSA) is 155 Å².